The Morgan fingerprint density at radius 2 is 1.65 bits per heavy atom. The molecule has 0 aromatic heterocycles. The molecule has 114 valence electrons. The third kappa shape index (κ3) is 2.52. The van der Waals surface area contributed by atoms with Crippen LogP contribution in [0, 0.1) is 5.92 Å². The van der Waals surface area contributed by atoms with Gasteiger partial charge in [0.2, 0.25) is 0 Å². The summed E-state index contributed by atoms with van der Waals surface area (Å²) < 4.78 is 6.44. The van der Waals surface area contributed by atoms with Crippen LogP contribution in [0.2, 0.25) is 0 Å². The molecular formula is C16H29N3O. The van der Waals surface area contributed by atoms with Crippen molar-refractivity contribution in [3.05, 3.63) is 0 Å². The SMILES string of the molecule is C1CCC(NC2NCNC3C4CCCCC4OC23)CC1. The summed E-state index contributed by atoms with van der Waals surface area (Å²) in [5.41, 5.74) is 0. The van der Waals surface area contributed by atoms with E-state index in [9.17, 15) is 0 Å². The molecule has 0 bridgehead atoms. The first-order chi connectivity index (χ1) is 9.92. The Hall–Kier alpha value is -0.160. The summed E-state index contributed by atoms with van der Waals surface area (Å²) >= 11 is 0. The van der Waals surface area contributed by atoms with Crippen molar-refractivity contribution in [3.63, 3.8) is 0 Å². The molecule has 4 rings (SSSR count). The first-order valence-electron chi connectivity index (χ1n) is 8.80. The van der Waals surface area contributed by atoms with E-state index in [0.29, 0.717) is 30.5 Å². The van der Waals surface area contributed by atoms with Crippen LogP contribution < -0.4 is 16.0 Å². The van der Waals surface area contributed by atoms with Crippen LogP contribution in [0.3, 0.4) is 0 Å². The van der Waals surface area contributed by atoms with E-state index in [-0.39, 0.29) is 0 Å². The number of hydrogen-bond donors (Lipinski definition) is 3. The molecule has 20 heavy (non-hydrogen) atoms. The zero-order valence-electron chi connectivity index (χ0n) is 12.4. The Morgan fingerprint density at radius 3 is 2.55 bits per heavy atom. The van der Waals surface area contributed by atoms with Gasteiger partial charge in [0.25, 0.3) is 0 Å². The van der Waals surface area contributed by atoms with Crippen LogP contribution in [-0.2, 0) is 4.74 Å². The Bertz CT molecular complexity index is 332. The summed E-state index contributed by atoms with van der Waals surface area (Å²) in [6, 6.07) is 1.27. The zero-order valence-corrected chi connectivity index (χ0v) is 12.4. The second-order valence-corrected chi connectivity index (χ2v) is 7.18. The lowest BCUT2D eigenvalue weighted by Gasteiger charge is -2.39. The highest BCUT2D eigenvalue weighted by molar-refractivity contribution is 5.03. The predicted molar refractivity (Wildman–Crippen MR) is 79.3 cm³/mol. The summed E-state index contributed by atoms with van der Waals surface area (Å²) in [7, 11) is 0. The maximum Gasteiger partial charge on any atom is 0.102 e. The third-order valence-corrected chi connectivity index (χ3v) is 5.91. The topological polar surface area (TPSA) is 45.3 Å². The fraction of sp³-hybridized carbons (Fsp3) is 1.00. The van der Waals surface area contributed by atoms with E-state index in [1.54, 1.807) is 0 Å². The van der Waals surface area contributed by atoms with Crippen LogP contribution in [0.25, 0.3) is 0 Å². The van der Waals surface area contributed by atoms with Gasteiger partial charge in [-0.1, -0.05) is 32.1 Å². The molecule has 2 aliphatic carbocycles. The van der Waals surface area contributed by atoms with Gasteiger partial charge >= 0.3 is 0 Å². The van der Waals surface area contributed by atoms with Crippen molar-refractivity contribution in [2.45, 2.75) is 88.2 Å². The van der Waals surface area contributed by atoms with Crippen molar-refractivity contribution < 1.29 is 4.74 Å². The average Bonchev–Trinajstić information content (AvgIpc) is 2.88. The highest BCUT2D eigenvalue weighted by atomic mass is 16.5. The van der Waals surface area contributed by atoms with E-state index >= 15 is 0 Å². The molecular weight excluding hydrogens is 250 g/mol. The smallest absolute Gasteiger partial charge is 0.102 e. The minimum Gasteiger partial charge on any atom is -0.370 e. The lowest BCUT2D eigenvalue weighted by atomic mass is 9.81. The fourth-order valence-corrected chi connectivity index (χ4v) is 4.87. The summed E-state index contributed by atoms with van der Waals surface area (Å²) in [6.07, 6.45) is 13.5. The normalized spacial score (nSPS) is 45.9. The molecule has 0 amide bonds. The van der Waals surface area contributed by atoms with Gasteiger partial charge < -0.3 is 4.74 Å². The van der Waals surface area contributed by atoms with Gasteiger partial charge in [0.15, 0.2) is 0 Å². The first kappa shape index (κ1) is 13.5. The molecule has 5 unspecified atom stereocenters. The molecule has 4 heteroatoms. The second-order valence-electron chi connectivity index (χ2n) is 7.18. The molecule has 4 aliphatic rings. The molecule has 4 nitrogen and oxygen atoms in total. The quantitative estimate of drug-likeness (QED) is 0.720. The Balaban J connectivity index is 1.42. The van der Waals surface area contributed by atoms with Gasteiger partial charge in [-0.3, -0.25) is 16.0 Å². The monoisotopic (exact) mass is 279 g/mol. The standard InChI is InChI=1S/C16H29N3O/c1-2-6-11(7-3-1)19-16-15-14(17-10-18-16)12-8-4-5-9-13(12)20-15/h11-19H,1-10H2. The van der Waals surface area contributed by atoms with Crippen molar-refractivity contribution in [3.8, 4) is 0 Å². The molecule has 2 saturated carbocycles. The highest BCUT2D eigenvalue weighted by Crippen LogP contribution is 2.39. The van der Waals surface area contributed by atoms with E-state index in [2.05, 4.69) is 16.0 Å². The fourth-order valence-electron chi connectivity index (χ4n) is 4.87. The molecule has 0 aromatic carbocycles. The second kappa shape index (κ2) is 5.91. The average molecular weight is 279 g/mol. The molecule has 0 spiro atoms. The van der Waals surface area contributed by atoms with Crippen LogP contribution >= 0.6 is 0 Å². The van der Waals surface area contributed by atoms with Gasteiger partial charge in [-0.25, -0.2) is 0 Å². The number of hydrogen-bond acceptors (Lipinski definition) is 4. The lowest BCUT2D eigenvalue weighted by Crippen LogP contribution is -2.66. The number of rotatable bonds is 2. The van der Waals surface area contributed by atoms with E-state index in [1.807, 2.05) is 0 Å². The van der Waals surface area contributed by atoms with Crippen molar-refractivity contribution in [2.24, 2.45) is 5.92 Å². The predicted octanol–water partition coefficient (Wildman–Crippen LogP) is 1.71. The first-order valence-corrected chi connectivity index (χ1v) is 8.80. The van der Waals surface area contributed by atoms with Crippen LogP contribution in [0.5, 0.6) is 0 Å². The molecule has 2 heterocycles. The minimum absolute atomic E-state index is 0.332. The summed E-state index contributed by atoms with van der Waals surface area (Å²) in [5.74, 6) is 0.756. The Labute approximate surface area is 122 Å². The van der Waals surface area contributed by atoms with Gasteiger partial charge in [0.1, 0.15) is 6.10 Å². The molecule has 5 atom stereocenters. The van der Waals surface area contributed by atoms with E-state index in [4.69, 9.17) is 4.74 Å². The minimum atomic E-state index is 0.332. The van der Waals surface area contributed by atoms with E-state index < -0.39 is 0 Å². The van der Waals surface area contributed by atoms with Crippen LogP contribution in [0.4, 0.5) is 0 Å². The lowest BCUT2D eigenvalue weighted by molar-refractivity contribution is -0.0169. The van der Waals surface area contributed by atoms with Gasteiger partial charge in [0.05, 0.1) is 12.3 Å². The summed E-state index contributed by atoms with van der Waals surface area (Å²) in [4.78, 5) is 0. The number of fused-ring (bicyclic) bond motifs is 3. The Morgan fingerprint density at radius 1 is 0.850 bits per heavy atom. The summed E-state index contributed by atoms with van der Waals surface area (Å²) in [6.45, 7) is 0.929. The number of nitrogens with one attached hydrogen (secondary N) is 3. The third-order valence-electron chi connectivity index (χ3n) is 5.91. The van der Waals surface area contributed by atoms with E-state index in [1.165, 1.54) is 57.8 Å². The maximum atomic E-state index is 6.44. The van der Waals surface area contributed by atoms with Crippen molar-refractivity contribution >= 4 is 0 Å². The largest absolute Gasteiger partial charge is 0.370 e. The highest BCUT2D eigenvalue weighted by Gasteiger charge is 2.49. The van der Waals surface area contributed by atoms with Crippen molar-refractivity contribution in [1.82, 2.24) is 16.0 Å². The number of ether oxygens (including phenoxy) is 1. The molecule has 2 saturated heterocycles. The zero-order chi connectivity index (χ0) is 13.4. The van der Waals surface area contributed by atoms with Gasteiger partial charge in [-0.15, -0.1) is 0 Å². The molecule has 0 radical (unpaired) electrons. The Kier molecular flexibility index (Phi) is 3.99. The molecule has 4 fully saturated rings. The van der Waals surface area contributed by atoms with Gasteiger partial charge in [-0.2, -0.15) is 0 Å². The van der Waals surface area contributed by atoms with Crippen molar-refractivity contribution in [1.29, 1.82) is 0 Å². The van der Waals surface area contributed by atoms with E-state index in [0.717, 1.165) is 12.6 Å². The van der Waals surface area contributed by atoms with Crippen molar-refractivity contribution in [2.75, 3.05) is 6.67 Å². The van der Waals surface area contributed by atoms with Gasteiger partial charge in [-0.05, 0) is 25.7 Å². The van der Waals surface area contributed by atoms with Crippen LogP contribution in [-0.4, -0.2) is 37.1 Å². The molecule has 3 N–H and O–H groups in total. The molecule has 0 aromatic rings. The van der Waals surface area contributed by atoms with Gasteiger partial charge in [0, 0.05) is 24.7 Å². The molecule has 2 aliphatic heterocycles. The van der Waals surface area contributed by atoms with Crippen LogP contribution in [0.1, 0.15) is 57.8 Å². The van der Waals surface area contributed by atoms with Crippen LogP contribution in [0.15, 0.2) is 0 Å². The maximum absolute atomic E-state index is 6.44. The summed E-state index contributed by atoms with van der Waals surface area (Å²) in [5, 5.41) is 11.1.